The number of hydrogen-bond acceptors (Lipinski definition) is 5. The van der Waals surface area contributed by atoms with E-state index in [0.29, 0.717) is 6.42 Å². The van der Waals surface area contributed by atoms with E-state index in [2.05, 4.69) is 14.5 Å². The summed E-state index contributed by atoms with van der Waals surface area (Å²) in [4.78, 5) is 20.3. The lowest BCUT2D eigenvalue weighted by Crippen LogP contribution is -2.27. The molecule has 0 bridgehead atoms. The molecule has 0 amide bonds. The van der Waals surface area contributed by atoms with Gasteiger partial charge in [0, 0.05) is 18.0 Å². The van der Waals surface area contributed by atoms with Gasteiger partial charge in [-0.15, -0.1) is 0 Å². The van der Waals surface area contributed by atoms with Crippen LogP contribution in [-0.2, 0) is 9.47 Å². The van der Waals surface area contributed by atoms with E-state index in [0.717, 1.165) is 16.7 Å². The number of aryl methyl sites for hydroxylation is 1. The molecule has 0 N–H and O–H groups in total. The van der Waals surface area contributed by atoms with Crippen molar-refractivity contribution in [1.82, 2.24) is 14.5 Å². The van der Waals surface area contributed by atoms with Gasteiger partial charge in [-0.25, -0.2) is 14.8 Å². The molecule has 1 aliphatic carbocycles. The Kier molecular flexibility index (Phi) is 3.83. The van der Waals surface area contributed by atoms with Gasteiger partial charge in [0.05, 0.1) is 11.7 Å². The predicted octanol–water partition coefficient (Wildman–Crippen LogP) is 3.56. The maximum absolute atomic E-state index is 11.8. The molecule has 0 saturated carbocycles. The van der Waals surface area contributed by atoms with Crippen molar-refractivity contribution in [1.29, 1.82) is 0 Å². The van der Waals surface area contributed by atoms with E-state index in [9.17, 15) is 4.79 Å². The van der Waals surface area contributed by atoms with Crippen molar-refractivity contribution in [2.24, 2.45) is 0 Å². The van der Waals surface area contributed by atoms with E-state index < -0.39 is 11.8 Å². The molecule has 2 aromatic rings. The van der Waals surface area contributed by atoms with Crippen LogP contribution < -0.4 is 0 Å². The molecular formula is C17H21N3O3. The van der Waals surface area contributed by atoms with Gasteiger partial charge < -0.3 is 14.0 Å². The first-order valence-electron chi connectivity index (χ1n) is 7.69. The van der Waals surface area contributed by atoms with E-state index in [1.807, 2.05) is 52.1 Å². The molecule has 0 radical (unpaired) electrons. The lowest BCUT2D eigenvalue weighted by Gasteiger charge is -2.21. The third-order valence-corrected chi connectivity index (χ3v) is 3.72. The van der Waals surface area contributed by atoms with Crippen LogP contribution in [-0.4, -0.2) is 32.4 Å². The van der Waals surface area contributed by atoms with Crippen molar-refractivity contribution >= 4 is 17.2 Å². The Hall–Kier alpha value is -2.37. The average Bonchev–Trinajstić information content (AvgIpc) is 3.03. The summed E-state index contributed by atoms with van der Waals surface area (Å²) in [5, 5.41) is 1.04. The first-order chi connectivity index (χ1) is 10.8. The number of aromatic nitrogens is 3. The minimum Gasteiger partial charge on any atom is -0.429 e. The number of carbonyl (C=O) groups excluding carboxylic acids is 1. The minimum atomic E-state index is -0.636. The standard InChI is InChI=1S/C17H21N3O3/c1-11-14-7-8-20(15(14)19-10-18-11)12-5-6-13(9-12)22-16(21)23-17(2,3)4/h5-8,10,12-13H,9H2,1-4H3. The summed E-state index contributed by atoms with van der Waals surface area (Å²) in [6, 6.07) is 2.12. The Bertz CT molecular complexity index is 758. The van der Waals surface area contributed by atoms with Crippen molar-refractivity contribution in [2.45, 2.75) is 51.9 Å². The summed E-state index contributed by atoms with van der Waals surface area (Å²) in [6.07, 6.45) is 7.25. The summed E-state index contributed by atoms with van der Waals surface area (Å²) in [6.45, 7) is 7.41. The Morgan fingerprint density at radius 3 is 2.83 bits per heavy atom. The van der Waals surface area contributed by atoms with Crippen LogP contribution in [0.15, 0.2) is 30.7 Å². The van der Waals surface area contributed by atoms with Crippen molar-refractivity contribution in [3.8, 4) is 0 Å². The minimum absolute atomic E-state index is 0.106. The summed E-state index contributed by atoms with van der Waals surface area (Å²) < 4.78 is 12.6. The van der Waals surface area contributed by atoms with Crippen LogP contribution >= 0.6 is 0 Å². The molecule has 0 fully saturated rings. The molecule has 6 nitrogen and oxygen atoms in total. The number of rotatable bonds is 2. The second kappa shape index (κ2) is 5.68. The molecule has 3 rings (SSSR count). The van der Waals surface area contributed by atoms with Crippen LogP contribution in [0, 0.1) is 6.92 Å². The first kappa shape index (κ1) is 15.5. The number of fused-ring (bicyclic) bond motifs is 1. The molecule has 2 aromatic heterocycles. The number of nitrogens with zero attached hydrogens (tertiary/aromatic N) is 3. The normalized spacial score (nSPS) is 20.9. The zero-order chi connectivity index (χ0) is 16.6. The van der Waals surface area contributed by atoms with Crippen LogP contribution in [0.4, 0.5) is 4.79 Å². The van der Waals surface area contributed by atoms with Crippen LogP contribution in [0.3, 0.4) is 0 Å². The zero-order valence-corrected chi connectivity index (χ0v) is 13.8. The Labute approximate surface area is 135 Å². The molecule has 0 aromatic carbocycles. The highest BCUT2D eigenvalue weighted by molar-refractivity contribution is 5.78. The van der Waals surface area contributed by atoms with Gasteiger partial charge in [-0.3, -0.25) is 0 Å². The maximum Gasteiger partial charge on any atom is 0.509 e. The zero-order valence-electron chi connectivity index (χ0n) is 13.8. The number of ether oxygens (including phenoxy) is 2. The molecule has 6 heteroatoms. The SMILES string of the molecule is Cc1ncnc2c1ccn2C1C=CC(OC(=O)OC(C)(C)C)C1. The fraction of sp³-hybridized carbons (Fsp3) is 0.471. The maximum atomic E-state index is 11.8. The topological polar surface area (TPSA) is 66.2 Å². The van der Waals surface area contributed by atoms with Crippen molar-refractivity contribution in [3.63, 3.8) is 0 Å². The highest BCUT2D eigenvalue weighted by Crippen LogP contribution is 2.29. The highest BCUT2D eigenvalue weighted by Gasteiger charge is 2.27. The molecule has 2 unspecified atom stereocenters. The molecule has 2 atom stereocenters. The average molecular weight is 315 g/mol. The number of allylic oxidation sites excluding steroid dienone is 1. The molecule has 0 spiro atoms. The molecule has 23 heavy (non-hydrogen) atoms. The van der Waals surface area contributed by atoms with Crippen LogP contribution in [0.5, 0.6) is 0 Å². The summed E-state index contributed by atoms with van der Waals surface area (Å²) in [7, 11) is 0. The smallest absolute Gasteiger partial charge is 0.429 e. The molecule has 2 heterocycles. The summed E-state index contributed by atoms with van der Waals surface area (Å²) in [5.41, 5.74) is 1.30. The molecular weight excluding hydrogens is 294 g/mol. The monoisotopic (exact) mass is 315 g/mol. The Morgan fingerprint density at radius 1 is 1.30 bits per heavy atom. The van der Waals surface area contributed by atoms with Crippen LogP contribution in [0.25, 0.3) is 11.0 Å². The van der Waals surface area contributed by atoms with Gasteiger partial charge in [-0.2, -0.15) is 0 Å². The highest BCUT2D eigenvalue weighted by atomic mass is 16.7. The predicted molar refractivity (Wildman–Crippen MR) is 86.2 cm³/mol. The third-order valence-electron chi connectivity index (χ3n) is 3.72. The number of carbonyl (C=O) groups is 1. The second-order valence-electron chi connectivity index (χ2n) is 6.73. The molecule has 122 valence electrons. The van der Waals surface area contributed by atoms with Gasteiger partial charge in [0.1, 0.15) is 23.7 Å². The van der Waals surface area contributed by atoms with E-state index in [4.69, 9.17) is 9.47 Å². The van der Waals surface area contributed by atoms with E-state index in [1.54, 1.807) is 6.33 Å². The molecule has 1 aliphatic rings. The van der Waals surface area contributed by atoms with Gasteiger partial charge in [-0.05, 0) is 39.8 Å². The number of hydrogen-bond donors (Lipinski definition) is 0. The first-order valence-corrected chi connectivity index (χ1v) is 7.69. The Morgan fingerprint density at radius 2 is 2.09 bits per heavy atom. The lowest BCUT2D eigenvalue weighted by atomic mass is 10.2. The van der Waals surface area contributed by atoms with E-state index in [1.165, 1.54) is 0 Å². The van der Waals surface area contributed by atoms with Gasteiger partial charge in [0.25, 0.3) is 0 Å². The van der Waals surface area contributed by atoms with E-state index >= 15 is 0 Å². The van der Waals surface area contributed by atoms with Gasteiger partial charge >= 0.3 is 6.16 Å². The van der Waals surface area contributed by atoms with Gasteiger partial charge in [-0.1, -0.05) is 6.08 Å². The molecule has 0 aliphatic heterocycles. The van der Waals surface area contributed by atoms with Gasteiger partial charge in [0.15, 0.2) is 0 Å². The van der Waals surface area contributed by atoms with Crippen molar-refractivity contribution in [3.05, 3.63) is 36.4 Å². The third kappa shape index (κ3) is 3.36. The summed E-state index contributed by atoms with van der Waals surface area (Å²) in [5.74, 6) is 0. The Balaban J connectivity index is 1.69. The lowest BCUT2D eigenvalue weighted by molar-refractivity contribution is -0.0191. The largest absolute Gasteiger partial charge is 0.509 e. The van der Waals surface area contributed by atoms with Gasteiger partial charge in [0.2, 0.25) is 0 Å². The van der Waals surface area contributed by atoms with Crippen LogP contribution in [0.1, 0.15) is 38.9 Å². The van der Waals surface area contributed by atoms with Crippen LogP contribution in [0.2, 0.25) is 0 Å². The summed E-state index contributed by atoms with van der Waals surface area (Å²) >= 11 is 0. The quantitative estimate of drug-likeness (QED) is 0.626. The fourth-order valence-corrected chi connectivity index (χ4v) is 2.70. The van der Waals surface area contributed by atoms with E-state index in [-0.39, 0.29) is 12.1 Å². The fourth-order valence-electron chi connectivity index (χ4n) is 2.70. The van der Waals surface area contributed by atoms with Crippen molar-refractivity contribution in [2.75, 3.05) is 0 Å². The molecule has 0 saturated heterocycles. The second-order valence-corrected chi connectivity index (χ2v) is 6.73. The van der Waals surface area contributed by atoms with Crippen molar-refractivity contribution < 1.29 is 14.3 Å².